The zero-order valence-corrected chi connectivity index (χ0v) is 15.8. The number of nitrogens with zero attached hydrogens (tertiary/aromatic N) is 5. The van der Waals surface area contributed by atoms with Gasteiger partial charge in [0.25, 0.3) is 0 Å². The molecule has 0 N–H and O–H groups in total. The quantitative estimate of drug-likeness (QED) is 0.638. The van der Waals surface area contributed by atoms with Crippen LogP contribution >= 0.6 is 24.0 Å². The van der Waals surface area contributed by atoms with Gasteiger partial charge in [0, 0.05) is 38.9 Å². The lowest BCUT2D eigenvalue weighted by molar-refractivity contribution is -0.0583. The topological polar surface area (TPSA) is 45.9 Å². The van der Waals surface area contributed by atoms with Crippen molar-refractivity contribution < 1.29 is 4.74 Å². The van der Waals surface area contributed by atoms with Crippen LogP contribution in [0.15, 0.2) is 17.3 Å². The van der Waals surface area contributed by atoms with Crippen LogP contribution in [0.3, 0.4) is 0 Å². The molecule has 0 aromatic carbocycles. The normalized spacial score (nSPS) is 31.1. The Bertz CT molecular complexity index is 622. The fraction of sp³-hybridized carbons (Fsp3) is 0.750. The predicted octanol–water partition coefficient (Wildman–Crippen LogP) is 1.71. The molecule has 1 saturated carbocycles. The van der Waals surface area contributed by atoms with E-state index in [1.165, 1.54) is 6.42 Å². The van der Waals surface area contributed by atoms with Crippen LogP contribution < -0.4 is 4.90 Å². The first-order valence-corrected chi connectivity index (χ1v) is 8.46. The van der Waals surface area contributed by atoms with Crippen LogP contribution in [-0.4, -0.2) is 59.0 Å². The van der Waals surface area contributed by atoms with Crippen LogP contribution in [0.2, 0.25) is 0 Å². The van der Waals surface area contributed by atoms with Crippen LogP contribution in [0, 0.1) is 11.8 Å². The Hall–Kier alpha value is -0.830. The summed E-state index contributed by atoms with van der Waals surface area (Å²) >= 11 is 0. The molecule has 6 nitrogen and oxygen atoms in total. The van der Waals surface area contributed by atoms with Crippen LogP contribution in [-0.2, 0) is 11.8 Å². The summed E-state index contributed by atoms with van der Waals surface area (Å²) in [5.41, 5.74) is 0.205. The summed E-state index contributed by atoms with van der Waals surface area (Å²) < 4.78 is 8.03. The summed E-state index contributed by atoms with van der Waals surface area (Å²) in [6, 6.07) is 2.07. The van der Waals surface area contributed by atoms with Gasteiger partial charge in [0.2, 0.25) is 5.96 Å². The number of rotatable bonds is 1. The molecule has 5 rings (SSSR count). The van der Waals surface area contributed by atoms with Crippen molar-refractivity contribution in [1.29, 1.82) is 0 Å². The van der Waals surface area contributed by atoms with E-state index in [0.717, 1.165) is 69.2 Å². The highest BCUT2D eigenvalue weighted by Crippen LogP contribution is 2.57. The smallest absolute Gasteiger partial charge is 0.202 e. The first-order valence-electron chi connectivity index (χ1n) is 8.46. The van der Waals surface area contributed by atoms with Crippen molar-refractivity contribution in [2.75, 3.05) is 37.7 Å². The van der Waals surface area contributed by atoms with Crippen LogP contribution in [0.5, 0.6) is 0 Å². The summed E-state index contributed by atoms with van der Waals surface area (Å²) in [4.78, 5) is 9.44. The highest BCUT2D eigenvalue weighted by atomic mass is 127. The minimum atomic E-state index is 0. The number of fused-ring (bicyclic) bond motifs is 2. The maximum atomic E-state index is 6.17. The van der Waals surface area contributed by atoms with Gasteiger partial charge < -0.3 is 9.64 Å². The summed E-state index contributed by atoms with van der Waals surface area (Å²) in [6.07, 6.45) is 5.71. The van der Waals surface area contributed by atoms with E-state index in [4.69, 9.17) is 9.73 Å². The molecule has 0 radical (unpaired) electrons. The number of likely N-dealkylation sites (tertiary alicyclic amines) is 1. The van der Waals surface area contributed by atoms with E-state index in [-0.39, 0.29) is 29.6 Å². The monoisotopic (exact) mass is 429 g/mol. The highest BCUT2D eigenvalue weighted by Gasteiger charge is 2.59. The third kappa shape index (κ3) is 2.47. The van der Waals surface area contributed by atoms with E-state index < -0.39 is 0 Å². The number of guanidine groups is 1. The average molecular weight is 429 g/mol. The molecule has 23 heavy (non-hydrogen) atoms. The SMILES string of the molecule is Cn1ccc(N2CCN=C2N2CCC3(CC2)OCC2CC23)n1.I. The molecule has 0 bridgehead atoms. The van der Waals surface area contributed by atoms with Crippen LogP contribution in [0.4, 0.5) is 5.82 Å². The van der Waals surface area contributed by atoms with Gasteiger partial charge in [-0.2, -0.15) is 5.10 Å². The van der Waals surface area contributed by atoms with Crippen molar-refractivity contribution >= 4 is 35.8 Å². The number of hydrogen-bond acceptors (Lipinski definition) is 5. The van der Waals surface area contributed by atoms with Crippen molar-refractivity contribution in [2.24, 2.45) is 23.9 Å². The minimum absolute atomic E-state index is 0. The lowest BCUT2D eigenvalue weighted by atomic mass is 9.87. The molecule has 126 valence electrons. The molecule has 3 fully saturated rings. The van der Waals surface area contributed by atoms with E-state index >= 15 is 0 Å². The zero-order valence-electron chi connectivity index (χ0n) is 13.5. The van der Waals surface area contributed by atoms with E-state index in [1.54, 1.807) is 0 Å². The van der Waals surface area contributed by atoms with Gasteiger partial charge in [0.1, 0.15) is 0 Å². The van der Waals surface area contributed by atoms with Crippen LogP contribution in [0.25, 0.3) is 0 Å². The fourth-order valence-corrected chi connectivity index (χ4v) is 4.53. The second kappa shape index (κ2) is 5.61. The molecule has 2 saturated heterocycles. The van der Waals surface area contributed by atoms with Crippen molar-refractivity contribution in [3.8, 4) is 0 Å². The second-order valence-corrected chi connectivity index (χ2v) is 7.15. The number of aliphatic imine (C=N–C) groups is 1. The van der Waals surface area contributed by atoms with E-state index in [2.05, 4.69) is 21.0 Å². The van der Waals surface area contributed by atoms with Gasteiger partial charge in [-0.05, 0) is 31.1 Å². The Labute approximate surface area is 153 Å². The van der Waals surface area contributed by atoms with Crippen molar-refractivity contribution in [1.82, 2.24) is 14.7 Å². The first kappa shape index (κ1) is 15.7. The van der Waals surface area contributed by atoms with Gasteiger partial charge in [-0.25, -0.2) is 0 Å². The predicted molar refractivity (Wildman–Crippen MR) is 99.4 cm³/mol. The largest absolute Gasteiger partial charge is 0.374 e. The third-order valence-corrected chi connectivity index (χ3v) is 5.87. The molecule has 1 spiro atoms. The summed E-state index contributed by atoms with van der Waals surface area (Å²) in [5.74, 6) is 3.85. The number of aryl methyl sites for hydroxylation is 1. The Morgan fingerprint density at radius 1 is 1.26 bits per heavy atom. The van der Waals surface area contributed by atoms with Crippen molar-refractivity contribution in [2.45, 2.75) is 24.9 Å². The molecule has 1 aromatic rings. The van der Waals surface area contributed by atoms with Gasteiger partial charge in [-0.3, -0.25) is 14.6 Å². The van der Waals surface area contributed by atoms with E-state index in [1.807, 2.05) is 17.9 Å². The number of halogens is 1. The van der Waals surface area contributed by atoms with E-state index in [0.29, 0.717) is 0 Å². The van der Waals surface area contributed by atoms with Gasteiger partial charge in [-0.1, -0.05) is 0 Å². The van der Waals surface area contributed by atoms with E-state index in [9.17, 15) is 0 Å². The Morgan fingerprint density at radius 3 is 2.70 bits per heavy atom. The third-order valence-electron chi connectivity index (χ3n) is 5.87. The van der Waals surface area contributed by atoms with Gasteiger partial charge >= 0.3 is 0 Å². The van der Waals surface area contributed by atoms with Crippen LogP contribution in [0.1, 0.15) is 19.3 Å². The molecule has 1 aliphatic carbocycles. The number of ether oxygens (including phenoxy) is 1. The maximum absolute atomic E-state index is 6.17. The van der Waals surface area contributed by atoms with Gasteiger partial charge in [-0.15, -0.1) is 24.0 Å². The van der Waals surface area contributed by atoms with Gasteiger partial charge in [0.05, 0.1) is 18.8 Å². The van der Waals surface area contributed by atoms with Crippen molar-refractivity contribution in [3.05, 3.63) is 12.3 Å². The Morgan fingerprint density at radius 2 is 2.09 bits per heavy atom. The maximum Gasteiger partial charge on any atom is 0.202 e. The summed E-state index contributed by atoms with van der Waals surface area (Å²) in [6.45, 7) is 4.94. The Balaban J connectivity index is 0.00000135. The lowest BCUT2D eigenvalue weighted by Crippen LogP contribution is -2.51. The summed E-state index contributed by atoms with van der Waals surface area (Å²) in [5, 5.41) is 4.54. The molecule has 2 atom stereocenters. The molecular weight excluding hydrogens is 405 g/mol. The molecule has 0 amide bonds. The molecule has 7 heteroatoms. The molecule has 4 aliphatic rings. The Kier molecular flexibility index (Phi) is 3.83. The lowest BCUT2D eigenvalue weighted by Gasteiger charge is -2.42. The molecule has 4 heterocycles. The number of anilines is 1. The number of aromatic nitrogens is 2. The van der Waals surface area contributed by atoms with Gasteiger partial charge in [0.15, 0.2) is 5.82 Å². The number of piperidine rings is 1. The number of hydrogen-bond donors (Lipinski definition) is 0. The standard InChI is InChI=1S/C16H23N5O.HI/c1-19-6-2-14(18-19)21-9-5-17-15(21)20-7-3-16(4-8-20)13-10-12(13)11-22-16;/h2,6,12-13H,3-5,7-11H2,1H3;1H. The highest BCUT2D eigenvalue weighted by molar-refractivity contribution is 14.0. The molecular formula is C16H24IN5O. The molecule has 3 aliphatic heterocycles. The van der Waals surface area contributed by atoms with Crippen molar-refractivity contribution in [3.63, 3.8) is 0 Å². The second-order valence-electron chi connectivity index (χ2n) is 7.15. The summed E-state index contributed by atoms with van der Waals surface area (Å²) in [7, 11) is 1.96. The molecule has 1 aromatic heterocycles. The minimum Gasteiger partial charge on any atom is -0.374 e. The fourth-order valence-electron chi connectivity index (χ4n) is 4.53. The molecule has 2 unspecified atom stereocenters. The first-order chi connectivity index (χ1) is 10.8. The zero-order chi connectivity index (χ0) is 14.7. The average Bonchev–Trinajstić information content (AvgIpc) is 2.87.